The summed E-state index contributed by atoms with van der Waals surface area (Å²) in [6.07, 6.45) is 3.91. The summed E-state index contributed by atoms with van der Waals surface area (Å²) in [5, 5.41) is 0. The van der Waals surface area contributed by atoms with Gasteiger partial charge in [0.15, 0.2) is 0 Å². The summed E-state index contributed by atoms with van der Waals surface area (Å²) in [7, 11) is -3.54. The molecule has 2 heterocycles. The summed E-state index contributed by atoms with van der Waals surface area (Å²) in [6, 6.07) is 1.47. The monoisotopic (exact) mass is 347 g/mol. The summed E-state index contributed by atoms with van der Waals surface area (Å²) in [6.45, 7) is 2.31. The Kier molecular flexibility index (Phi) is 4.16. The lowest BCUT2D eigenvalue weighted by atomic mass is 9.96. The van der Waals surface area contributed by atoms with E-state index in [1.807, 2.05) is 0 Å². The predicted octanol–water partition coefficient (Wildman–Crippen LogP) is 3.23. The van der Waals surface area contributed by atoms with Gasteiger partial charge in [0.1, 0.15) is 9.99 Å². The Bertz CT molecular complexity index is 648. The Morgan fingerprint density at radius 2 is 2.10 bits per heavy atom. The van der Waals surface area contributed by atoms with E-state index >= 15 is 0 Å². The third-order valence-electron chi connectivity index (χ3n) is 4.46. The molecule has 0 N–H and O–H groups in total. The number of hydrogen-bond donors (Lipinski definition) is 0. The zero-order valence-electron chi connectivity index (χ0n) is 11.8. The molecule has 0 amide bonds. The van der Waals surface area contributed by atoms with Gasteiger partial charge in [-0.15, -0.1) is 11.3 Å². The molecule has 4 nitrogen and oxygen atoms in total. The van der Waals surface area contributed by atoms with Gasteiger partial charge in [-0.3, -0.25) is 4.79 Å². The van der Waals surface area contributed by atoms with Crippen LogP contribution in [0.2, 0.25) is 4.34 Å². The molecule has 7 heteroatoms. The first-order valence-corrected chi connectivity index (χ1v) is 9.85. The lowest BCUT2D eigenvalue weighted by molar-refractivity contribution is -0.121. The highest BCUT2D eigenvalue weighted by molar-refractivity contribution is 7.91. The molecular weight excluding hydrogens is 330 g/mol. The molecule has 1 aromatic rings. The molecular formula is C14H18ClNO3S2. The molecule has 0 radical (unpaired) electrons. The standard InChI is InChI=1S/C14H18ClNO3S2/c1-9-8-13(20-14(9)15)21(18,19)16-7-3-5-11(16)10-4-2-6-12(10)17/h8,10-11H,2-7H2,1H3. The molecule has 1 saturated heterocycles. The molecule has 0 spiro atoms. The third-order valence-corrected chi connectivity index (χ3v) is 8.39. The Morgan fingerprint density at radius 1 is 1.33 bits per heavy atom. The minimum Gasteiger partial charge on any atom is -0.299 e. The fraction of sp³-hybridized carbons (Fsp3) is 0.643. The van der Waals surface area contributed by atoms with Gasteiger partial charge in [-0.05, 0) is 44.2 Å². The maximum absolute atomic E-state index is 12.8. The zero-order chi connectivity index (χ0) is 15.2. The van der Waals surface area contributed by atoms with Crippen LogP contribution in [0, 0.1) is 12.8 Å². The Labute approximate surface area is 134 Å². The smallest absolute Gasteiger partial charge is 0.252 e. The number of aryl methyl sites for hydroxylation is 1. The molecule has 1 aliphatic heterocycles. The van der Waals surface area contributed by atoms with Crippen molar-refractivity contribution in [3.05, 3.63) is 16.0 Å². The second-order valence-electron chi connectivity index (χ2n) is 5.81. The molecule has 2 aliphatic rings. The van der Waals surface area contributed by atoms with E-state index in [0.717, 1.165) is 42.6 Å². The number of nitrogens with zero attached hydrogens (tertiary/aromatic N) is 1. The number of hydrogen-bond acceptors (Lipinski definition) is 4. The van der Waals surface area contributed by atoms with Crippen LogP contribution >= 0.6 is 22.9 Å². The third kappa shape index (κ3) is 2.67. The van der Waals surface area contributed by atoms with Gasteiger partial charge in [-0.1, -0.05) is 11.6 Å². The average Bonchev–Trinajstić information content (AvgIpc) is 3.11. The maximum atomic E-state index is 12.8. The van der Waals surface area contributed by atoms with Gasteiger partial charge in [0.05, 0.1) is 4.34 Å². The molecule has 1 aliphatic carbocycles. The zero-order valence-corrected chi connectivity index (χ0v) is 14.2. The topological polar surface area (TPSA) is 54.5 Å². The van der Waals surface area contributed by atoms with E-state index in [9.17, 15) is 13.2 Å². The predicted molar refractivity (Wildman–Crippen MR) is 83.3 cm³/mol. The van der Waals surface area contributed by atoms with Crippen molar-refractivity contribution in [1.82, 2.24) is 4.31 Å². The van der Waals surface area contributed by atoms with Crippen molar-refractivity contribution in [2.45, 2.75) is 49.3 Å². The van der Waals surface area contributed by atoms with Gasteiger partial charge in [0.2, 0.25) is 0 Å². The van der Waals surface area contributed by atoms with Crippen molar-refractivity contribution in [1.29, 1.82) is 0 Å². The largest absolute Gasteiger partial charge is 0.299 e. The summed E-state index contributed by atoms with van der Waals surface area (Å²) >= 11 is 7.11. The van der Waals surface area contributed by atoms with Crippen LogP contribution in [0.3, 0.4) is 0 Å². The van der Waals surface area contributed by atoms with Crippen LogP contribution in [0.15, 0.2) is 10.3 Å². The van der Waals surface area contributed by atoms with E-state index in [1.165, 1.54) is 0 Å². The molecule has 0 aromatic carbocycles. The minimum absolute atomic E-state index is 0.112. The van der Waals surface area contributed by atoms with Crippen LogP contribution in [0.4, 0.5) is 0 Å². The highest BCUT2D eigenvalue weighted by atomic mass is 35.5. The van der Waals surface area contributed by atoms with Crippen LogP contribution in [0.25, 0.3) is 0 Å². The fourth-order valence-corrected chi connectivity index (χ4v) is 6.96. The molecule has 0 bridgehead atoms. The van der Waals surface area contributed by atoms with Gasteiger partial charge in [-0.25, -0.2) is 8.42 Å². The molecule has 2 fully saturated rings. The summed E-state index contributed by atoms with van der Waals surface area (Å²) in [5.41, 5.74) is 0.785. The van der Waals surface area contributed by atoms with Crippen molar-refractivity contribution in [2.75, 3.05) is 6.54 Å². The van der Waals surface area contributed by atoms with Crippen molar-refractivity contribution < 1.29 is 13.2 Å². The quantitative estimate of drug-likeness (QED) is 0.843. The number of thiophene rings is 1. The number of carbonyl (C=O) groups is 1. The molecule has 116 valence electrons. The normalized spacial score (nSPS) is 27.6. The van der Waals surface area contributed by atoms with E-state index in [4.69, 9.17) is 11.6 Å². The highest BCUT2D eigenvalue weighted by Crippen LogP contribution is 2.39. The first-order chi connectivity index (χ1) is 9.91. The number of sulfonamides is 1. The molecule has 21 heavy (non-hydrogen) atoms. The van der Waals surface area contributed by atoms with Crippen molar-refractivity contribution in [3.63, 3.8) is 0 Å². The van der Waals surface area contributed by atoms with Gasteiger partial charge < -0.3 is 0 Å². The van der Waals surface area contributed by atoms with Gasteiger partial charge in [-0.2, -0.15) is 4.31 Å². The van der Waals surface area contributed by atoms with Crippen LogP contribution in [0.5, 0.6) is 0 Å². The number of carbonyl (C=O) groups excluding carboxylic acids is 1. The second-order valence-corrected chi connectivity index (χ2v) is 9.58. The Hall–Kier alpha value is -0.430. The lowest BCUT2D eigenvalue weighted by Gasteiger charge is -2.27. The number of halogens is 1. The van der Waals surface area contributed by atoms with E-state index in [0.29, 0.717) is 21.5 Å². The van der Waals surface area contributed by atoms with Crippen LogP contribution < -0.4 is 0 Å². The summed E-state index contributed by atoms with van der Waals surface area (Å²) in [4.78, 5) is 12.0. The van der Waals surface area contributed by atoms with Gasteiger partial charge in [0, 0.05) is 24.9 Å². The van der Waals surface area contributed by atoms with E-state index in [2.05, 4.69) is 0 Å². The molecule has 1 saturated carbocycles. The van der Waals surface area contributed by atoms with Crippen molar-refractivity contribution >= 4 is 38.7 Å². The fourth-order valence-electron chi connectivity index (χ4n) is 3.39. The lowest BCUT2D eigenvalue weighted by Crippen LogP contribution is -2.41. The van der Waals surface area contributed by atoms with Crippen LogP contribution in [0.1, 0.15) is 37.7 Å². The number of Topliss-reactive ketones (excluding diaryl/α,β-unsaturated/α-hetero) is 1. The first kappa shape index (κ1) is 15.5. The number of rotatable bonds is 3. The van der Waals surface area contributed by atoms with Crippen LogP contribution in [-0.4, -0.2) is 31.1 Å². The molecule has 2 unspecified atom stereocenters. The second kappa shape index (κ2) is 5.65. The Morgan fingerprint density at radius 3 is 2.67 bits per heavy atom. The summed E-state index contributed by atoms with van der Waals surface area (Å²) < 4.78 is 28.0. The molecule has 3 rings (SSSR count). The van der Waals surface area contributed by atoms with Crippen LogP contribution in [-0.2, 0) is 14.8 Å². The SMILES string of the molecule is Cc1cc(S(=O)(=O)N2CCCC2C2CCCC2=O)sc1Cl. The summed E-state index contributed by atoms with van der Waals surface area (Å²) in [5.74, 6) is 0.112. The maximum Gasteiger partial charge on any atom is 0.252 e. The van der Waals surface area contributed by atoms with E-state index < -0.39 is 10.0 Å². The van der Waals surface area contributed by atoms with Gasteiger partial charge in [0.25, 0.3) is 10.0 Å². The average molecular weight is 348 g/mol. The molecule has 2 atom stereocenters. The Balaban J connectivity index is 1.92. The first-order valence-electron chi connectivity index (χ1n) is 7.22. The van der Waals surface area contributed by atoms with Gasteiger partial charge >= 0.3 is 0 Å². The highest BCUT2D eigenvalue weighted by Gasteiger charge is 2.43. The molecule has 1 aromatic heterocycles. The van der Waals surface area contributed by atoms with E-state index in [-0.39, 0.29) is 17.7 Å². The van der Waals surface area contributed by atoms with E-state index in [1.54, 1.807) is 17.3 Å². The van der Waals surface area contributed by atoms with Crippen molar-refractivity contribution in [3.8, 4) is 0 Å². The van der Waals surface area contributed by atoms with Crippen molar-refractivity contribution in [2.24, 2.45) is 5.92 Å². The number of ketones is 1. The minimum atomic E-state index is -3.54.